The Hall–Kier alpha value is -2.12. The van der Waals surface area contributed by atoms with Crippen molar-refractivity contribution >= 4 is 11.8 Å². The van der Waals surface area contributed by atoms with Gasteiger partial charge in [0.1, 0.15) is 12.4 Å². The van der Waals surface area contributed by atoms with Gasteiger partial charge in [0, 0.05) is 12.6 Å². The second-order valence-electron chi connectivity index (χ2n) is 7.51. The molecule has 3 rings (SSSR count). The number of carbonyl (C=O) groups is 2. The van der Waals surface area contributed by atoms with Crippen molar-refractivity contribution in [1.82, 2.24) is 10.2 Å². The molecular weight excluding hydrogens is 336 g/mol. The van der Waals surface area contributed by atoms with Crippen molar-refractivity contribution in [3.05, 3.63) is 29.8 Å². The molecule has 2 N–H and O–H groups in total. The monoisotopic (exact) mass is 362 g/mol. The number of morpholine rings is 1. The number of ether oxygens (including phenoxy) is 2. The fourth-order valence-corrected chi connectivity index (χ4v) is 3.17. The third kappa shape index (κ3) is 4.16. The van der Waals surface area contributed by atoms with E-state index >= 15 is 0 Å². The van der Waals surface area contributed by atoms with E-state index in [1.165, 1.54) is 0 Å². The third-order valence-electron chi connectivity index (χ3n) is 4.61. The van der Waals surface area contributed by atoms with Crippen LogP contribution in [0.4, 0.5) is 0 Å². The zero-order valence-electron chi connectivity index (χ0n) is 15.4. The van der Waals surface area contributed by atoms with Gasteiger partial charge in [0.15, 0.2) is 6.10 Å². The van der Waals surface area contributed by atoms with Gasteiger partial charge in [-0.05, 0) is 44.4 Å². The maximum atomic E-state index is 12.7. The van der Waals surface area contributed by atoms with Crippen molar-refractivity contribution in [3.8, 4) is 5.75 Å². The summed E-state index contributed by atoms with van der Waals surface area (Å²) in [6, 6.07) is 7.00. The van der Waals surface area contributed by atoms with Crippen LogP contribution < -0.4 is 10.1 Å². The average molecular weight is 362 g/mol. The van der Waals surface area contributed by atoms with Crippen LogP contribution in [0.2, 0.25) is 0 Å². The molecule has 26 heavy (non-hydrogen) atoms. The first-order valence-electron chi connectivity index (χ1n) is 8.87. The van der Waals surface area contributed by atoms with Gasteiger partial charge in [-0.2, -0.15) is 0 Å². The first-order chi connectivity index (χ1) is 12.3. The zero-order chi connectivity index (χ0) is 18.9. The van der Waals surface area contributed by atoms with Crippen LogP contribution in [0.5, 0.6) is 5.75 Å². The summed E-state index contributed by atoms with van der Waals surface area (Å²) in [6.07, 6.45) is 1.07. The van der Waals surface area contributed by atoms with E-state index in [1.807, 2.05) is 24.3 Å². The van der Waals surface area contributed by atoms with Gasteiger partial charge < -0.3 is 24.8 Å². The average Bonchev–Trinajstić information content (AvgIpc) is 3.43. The maximum absolute atomic E-state index is 12.7. The predicted octanol–water partition coefficient (Wildman–Crippen LogP) is 1.01. The minimum Gasteiger partial charge on any atom is -0.497 e. The molecule has 142 valence electrons. The molecule has 2 atom stereocenters. The second kappa shape index (κ2) is 7.25. The number of carbonyl (C=O) groups excluding carboxylic acids is 2. The normalized spacial score (nSPS) is 23.7. The zero-order valence-corrected chi connectivity index (χ0v) is 15.4. The van der Waals surface area contributed by atoms with Crippen molar-refractivity contribution in [2.75, 3.05) is 20.3 Å². The lowest BCUT2D eigenvalue weighted by Gasteiger charge is -2.41. The number of amides is 2. The summed E-state index contributed by atoms with van der Waals surface area (Å²) in [5.74, 6) is 0.281. The number of nitrogens with zero attached hydrogens (tertiary/aromatic N) is 1. The number of hydrogen-bond acceptors (Lipinski definition) is 5. The summed E-state index contributed by atoms with van der Waals surface area (Å²) in [6.45, 7) is 3.24. The summed E-state index contributed by atoms with van der Waals surface area (Å²) in [4.78, 5) is 27.0. The van der Waals surface area contributed by atoms with Crippen molar-refractivity contribution in [3.63, 3.8) is 0 Å². The van der Waals surface area contributed by atoms with E-state index in [9.17, 15) is 14.7 Å². The second-order valence-corrected chi connectivity index (χ2v) is 7.51. The molecule has 1 aliphatic heterocycles. The van der Waals surface area contributed by atoms with Crippen molar-refractivity contribution < 1.29 is 24.2 Å². The Morgan fingerprint density at radius 3 is 2.54 bits per heavy atom. The van der Waals surface area contributed by atoms with E-state index in [4.69, 9.17) is 9.47 Å². The van der Waals surface area contributed by atoms with E-state index in [0.717, 1.165) is 18.4 Å². The number of benzene rings is 1. The van der Waals surface area contributed by atoms with E-state index in [0.29, 0.717) is 5.75 Å². The Bertz CT molecular complexity index is 664. The Morgan fingerprint density at radius 2 is 2.00 bits per heavy atom. The maximum Gasteiger partial charge on any atom is 0.251 e. The lowest BCUT2D eigenvalue weighted by atomic mass is 9.96. The van der Waals surface area contributed by atoms with E-state index in [2.05, 4.69) is 5.32 Å². The highest BCUT2D eigenvalue weighted by Gasteiger charge is 2.47. The number of aliphatic hydroxyl groups is 1. The van der Waals surface area contributed by atoms with Crippen LogP contribution in [0, 0.1) is 0 Å². The van der Waals surface area contributed by atoms with Crippen LogP contribution in [0.15, 0.2) is 24.3 Å². The molecule has 0 spiro atoms. The molecule has 2 amide bonds. The van der Waals surface area contributed by atoms with Gasteiger partial charge in [0.25, 0.3) is 5.91 Å². The summed E-state index contributed by atoms with van der Waals surface area (Å²) in [5, 5.41) is 12.6. The Labute approximate surface area is 153 Å². The number of rotatable bonds is 6. The van der Waals surface area contributed by atoms with Crippen molar-refractivity contribution in [2.24, 2.45) is 0 Å². The molecule has 7 nitrogen and oxygen atoms in total. The Balaban J connectivity index is 1.87. The molecule has 2 aliphatic rings. The SMILES string of the molecule is COc1ccc([C@@H]2[C@@H](C(=O)NCC(C)(C)O)OCC(=O)N2C2CC2)cc1. The summed E-state index contributed by atoms with van der Waals surface area (Å²) < 4.78 is 10.8. The first kappa shape index (κ1) is 18.7. The molecule has 0 aromatic heterocycles. The minimum absolute atomic E-state index is 0.0974. The molecule has 1 aromatic rings. The molecule has 1 aliphatic carbocycles. The highest BCUT2D eigenvalue weighted by molar-refractivity contribution is 5.86. The Kier molecular flexibility index (Phi) is 5.20. The standard InChI is InChI=1S/C19H26N2O5/c1-19(2,24)11-20-18(23)17-16(12-4-8-14(25-3)9-5-12)21(13-6-7-13)15(22)10-26-17/h4-5,8-9,13,16-17,24H,6-7,10-11H2,1-3H3,(H,20,23)/t16-,17+/m1/s1. The number of nitrogens with one attached hydrogen (secondary N) is 1. The molecule has 7 heteroatoms. The summed E-state index contributed by atoms with van der Waals surface area (Å²) >= 11 is 0. The first-order valence-corrected chi connectivity index (χ1v) is 8.87. The fraction of sp³-hybridized carbons (Fsp3) is 0.579. The van der Waals surface area contributed by atoms with Crippen LogP contribution in [0.3, 0.4) is 0 Å². The molecule has 1 saturated carbocycles. The lowest BCUT2D eigenvalue weighted by molar-refractivity contribution is -0.165. The quantitative estimate of drug-likeness (QED) is 0.789. The van der Waals surface area contributed by atoms with Gasteiger partial charge in [0.2, 0.25) is 5.91 Å². The fourth-order valence-electron chi connectivity index (χ4n) is 3.17. The van der Waals surface area contributed by atoms with Gasteiger partial charge in [-0.3, -0.25) is 9.59 Å². The summed E-state index contributed by atoms with van der Waals surface area (Å²) in [5.41, 5.74) is -0.194. The Morgan fingerprint density at radius 1 is 1.35 bits per heavy atom. The van der Waals surface area contributed by atoms with Crippen LogP contribution in [0.1, 0.15) is 38.3 Å². The predicted molar refractivity (Wildman–Crippen MR) is 94.7 cm³/mol. The highest BCUT2D eigenvalue weighted by atomic mass is 16.5. The minimum atomic E-state index is -1.02. The highest BCUT2D eigenvalue weighted by Crippen LogP contribution is 2.39. The van der Waals surface area contributed by atoms with Gasteiger partial charge in [-0.1, -0.05) is 12.1 Å². The number of hydrogen-bond donors (Lipinski definition) is 2. The van der Waals surface area contributed by atoms with E-state index in [1.54, 1.807) is 25.9 Å². The van der Waals surface area contributed by atoms with Gasteiger partial charge in [0.05, 0.1) is 18.8 Å². The van der Waals surface area contributed by atoms with Crippen molar-refractivity contribution in [1.29, 1.82) is 0 Å². The van der Waals surface area contributed by atoms with Gasteiger partial charge in [-0.25, -0.2) is 0 Å². The van der Waals surface area contributed by atoms with Crippen LogP contribution in [-0.2, 0) is 14.3 Å². The van der Waals surface area contributed by atoms with Crippen LogP contribution >= 0.6 is 0 Å². The van der Waals surface area contributed by atoms with Crippen LogP contribution in [-0.4, -0.2) is 59.8 Å². The molecule has 0 bridgehead atoms. The lowest BCUT2D eigenvalue weighted by Crippen LogP contribution is -2.56. The molecule has 0 unspecified atom stereocenters. The molecule has 1 saturated heterocycles. The third-order valence-corrected chi connectivity index (χ3v) is 4.61. The molecule has 0 radical (unpaired) electrons. The van der Waals surface area contributed by atoms with Gasteiger partial charge in [-0.15, -0.1) is 0 Å². The number of methoxy groups -OCH3 is 1. The van der Waals surface area contributed by atoms with Gasteiger partial charge >= 0.3 is 0 Å². The molecule has 2 fully saturated rings. The van der Waals surface area contributed by atoms with Crippen LogP contribution in [0.25, 0.3) is 0 Å². The van der Waals surface area contributed by atoms with E-state index in [-0.39, 0.29) is 31.0 Å². The largest absolute Gasteiger partial charge is 0.497 e. The molecule has 1 aromatic carbocycles. The van der Waals surface area contributed by atoms with Crippen molar-refractivity contribution in [2.45, 2.75) is 50.5 Å². The van der Waals surface area contributed by atoms with E-state index < -0.39 is 17.7 Å². The molecule has 1 heterocycles. The molecular formula is C19H26N2O5. The topological polar surface area (TPSA) is 88.1 Å². The summed E-state index contributed by atoms with van der Waals surface area (Å²) in [7, 11) is 1.59. The smallest absolute Gasteiger partial charge is 0.251 e.